The lowest BCUT2D eigenvalue weighted by Gasteiger charge is -2.28. The van der Waals surface area contributed by atoms with Crippen LogP contribution < -0.4 is 4.90 Å². The number of hydrogen-bond donors (Lipinski definition) is 0. The third kappa shape index (κ3) is 5.58. The second kappa shape index (κ2) is 14.4. The van der Waals surface area contributed by atoms with Crippen molar-refractivity contribution in [3.8, 4) is 0 Å². The third-order valence-corrected chi connectivity index (χ3v) is 14.1. The van der Waals surface area contributed by atoms with Crippen LogP contribution in [-0.2, 0) is 6.54 Å². The van der Waals surface area contributed by atoms with E-state index in [-0.39, 0.29) is 60.8 Å². The van der Waals surface area contributed by atoms with E-state index in [2.05, 4.69) is 0 Å². The SMILES string of the molecule is CCCCSc1c(Cl)c(Cl)c2c(c1Cl)C(=O)N(c1ccc(CN3C(=O)c4cccc5cccc(c45)C3=O)c3ccc(C4C(=O)c5cc6ccccc6cc5C4=O)nc13)C2=O. The monoisotopic (exact) mass is 867 g/mol. The third-order valence-electron chi connectivity index (χ3n) is 11.5. The van der Waals surface area contributed by atoms with Gasteiger partial charge in [0.2, 0.25) is 0 Å². The second-order valence-corrected chi connectivity index (χ2v) is 17.1. The summed E-state index contributed by atoms with van der Waals surface area (Å²) in [5, 5.41) is 3.24. The van der Waals surface area contributed by atoms with Crippen LogP contribution in [0.15, 0.2) is 102 Å². The molecule has 2 aliphatic heterocycles. The number of aromatic nitrogens is 1. The number of unbranched alkanes of at least 4 members (excludes halogenated alkanes) is 1. The Kier molecular flexibility index (Phi) is 9.18. The molecule has 13 heteroatoms. The van der Waals surface area contributed by atoms with Gasteiger partial charge in [0.15, 0.2) is 11.6 Å². The molecular formula is C47H28Cl3N3O6S. The molecule has 1 aromatic heterocycles. The standard InChI is InChI=1S/C47H28Cl3N3O6S/c1-2-3-18-60-43-38(49)36-35(37(48)39(43)50)46(58)53(47(36)59)32-17-14-25(21-52-44(56)27-12-6-10-22-11-7-13-28(33(22)27)45(52)57)26-15-16-31(51-40(26)32)34-41(54)29-19-23-8-4-5-9-24(23)20-30(29)42(34)55/h4-17,19-20,34H,2-3,18,21H2,1H3. The lowest BCUT2D eigenvalue weighted by molar-refractivity contribution is 0.0597. The molecule has 60 heavy (non-hydrogen) atoms. The highest BCUT2D eigenvalue weighted by atomic mass is 35.5. The molecule has 294 valence electrons. The van der Waals surface area contributed by atoms with Crippen molar-refractivity contribution in [2.45, 2.75) is 37.1 Å². The number of hydrogen-bond acceptors (Lipinski definition) is 8. The average molecular weight is 869 g/mol. The summed E-state index contributed by atoms with van der Waals surface area (Å²) in [7, 11) is 0. The van der Waals surface area contributed by atoms with Crippen LogP contribution in [0.2, 0.25) is 15.1 Å². The molecule has 4 amide bonds. The summed E-state index contributed by atoms with van der Waals surface area (Å²) >= 11 is 21.7. The maximum atomic E-state index is 14.5. The van der Waals surface area contributed by atoms with Gasteiger partial charge in [-0.15, -0.1) is 11.8 Å². The van der Waals surface area contributed by atoms with Gasteiger partial charge < -0.3 is 0 Å². The van der Waals surface area contributed by atoms with E-state index in [9.17, 15) is 28.8 Å². The molecule has 0 radical (unpaired) electrons. The number of Topliss-reactive ketones (excluding diaryl/α,β-unsaturated/α-hetero) is 2. The minimum atomic E-state index is -1.31. The predicted octanol–water partition coefficient (Wildman–Crippen LogP) is 11.2. The van der Waals surface area contributed by atoms with Crippen molar-refractivity contribution in [1.82, 2.24) is 9.88 Å². The van der Waals surface area contributed by atoms with Crippen molar-refractivity contribution in [2.24, 2.45) is 0 Å². The molecule has 3 aliphatic rings. The summed E-state index contributed by atoms with van der Waals surface area (Å²) in [5.74, 6) is -4.09. The summed E-state index contributed by atoms with van der Waals surface area (Å²) in [5.41, 5.74) is 1.64. The first-order valence-corrected chi connectivity index (χ1v) is 21.3. The Bertz CT molecular complexity index is 3080. The molecule has 7 aromatic rings. The molecule has 0 atom stereocenters. The van der Waals surface area contributed by atoms with Crippen molar-refractivity contribution < 1.29 is 28.8 Å². The number of amides is 4. The first-order chi connectivity index (χ1) is 29.0. The van der Waals surface area contributed by atoms with Gasteiger partial charge in [-0.05, 0) is 70.3 Å². The molecule has 6 aromatic carbocycles. The van der Waals surface area contributed by atoms with E-state index >= 15 is 0 Å². The summed E-state index contributed by atoms with van der Waals surface area (Å²) in [6, 6.07) is 27.7. The summed E-state index contributed by atoms with van der Waals surface area (Å²) < 4.78 is 0. The van der Waals surface area contributed by atoms with E-state index < -0.39 is 41.1 Å². The number of fused-ring (bicyclic) bond motifs is 4. The van der Waals surface area contributed by atoms with Crippen molar-refractivity contribution in [3.63, 3.8) is 0 Å². The highest BCUT2D eigenvalue weighted by Gasteiger charge is 2.45. The molecule has 0 bridgehead atoms. The first kappa shape index (κ1) is 38.3. The molecule has 10 rings (SSSR count). The molecule has 9 nitrogen and oxygen atoms in total. The molecule has 0 saturated carbocycles. The summed E-state index contributed by atoms with van der Waals surface area (Å²) in [6.07, 6.45) is 1.76. The van der Waals surface area contributed by atoms with Gasteiger partial charge >= 0.3 is 0 Å². The van der Waals surface area contributed by atoms with Gasteiger partial charge in [-0.3, -0.25) is 33.7 Å². The maximum absolute atomic E-state index is 14.5. The van der Waals surface area contributed by atoms with Gasteiger partial charge in [0.1, 0.15) is 5.92 Å². The number of ketones is 2. The van der Waals surface area contributed by atoms with Crippen molar-refractivity contribution in [1.29, 1.82) is 0 Å². The average Bonchev–Trinajstić information content (AvgIpc) is 3.66. The first-order valence-electron chi connectivity index (χ1n) is 19.1. The van der Waals surface area contributed by atoms with Gasteiger partial charge in [0.05, 0.1) is 49.6 Å². The quantitative estimate of drug-likeness (QED) is 0.0486. The van der Waals surface area contributed by atoms with Crippen LogP contribution in [0.1, 0.15) is 99.1 Å². The minimum absolute atomic E-state index is 0.000603. The van der Waals surface area contributed by atoms with Crippen LogP contribution in [0.3, 0.4) is 0 Å². The number of rotatable bonds is 8. The number of benzene rings is 6. The van der Waals surface area contributed by atoms with Gasteiger partial charge in [-0.2, -0.15) is 0 Å². The Morgan fingerprint density at radius 2 is 1.23 bits per heavy atom. The Hall–Kier alpha value is -5.91. The van der Waals surface area contributed by atoms with Gasteiger partial charge in [-0.1, -0.05) is 109 Å². The largest absolute Gasteiger partial charge is 0.293 e. The molecule has 0 unspecified atom stereocenters. The highest BCUT2D eigenvalue weighted by Crippen LogP contribution is 2.48. The number of imide groups is 2. The zero-order valence-electron chi connectivity index (χ0n) is 31.5. The molecule has 1 aliphatic carbocycles. The summed E-state index contributed by atoms with van der Waals surface area (Å²) in [4.78, 5) is 92.5. The lowest BCUT2D eigenvalue weighted by atomic mass is 9.93. The van der Waals surface area contributed by atoms with Crippen LogP contribution in [0.5, 0.6) is 0 Å². The van der Waals surface area contributed by atoms with E-state index in [1.54, 1.807) is 54.6 Å². The van der Waals surface area contributed by atoms with Gasteiger partial charge in [-0.25, -0.2) is 9.88 Å². The van der Waals surface area contributed by atoms with Crippen molar-refractivity contribution in [3.05, 3.63) is 157 Å². The smallest absolute Gasteiger partial charge is 0.267 e. The molecule has 0 fully saturated rings. The Morgan fingerprint density at radius 1 is 0.633 bits per heavy atom. The number of pyridine rings is 1. The number of carbonyl (C=O) groups is 6. The van der Waals surface area contributed by atoms with Gasteiger partial charge in [0.25, 0.3) is 23.6 Å². The number of anilines is 1. The fourth-order valence-electron chi connectivity index (χ4n) is 8.52. The van der Waals surface area contributed by atoms with Crippen molar-refractivity contribution >= 4 is 120 Å². The normalized spacial score (nSPS) is 15.1. The van der Waals surface area contributed by atoms with Crippen LogP contribution in [-0.4, -0.2) is 50.8 Å². The van der Waals surface area contributed by atoms with Gasteiger partial charge in [0, 0.05) is 37.9 Å². The zero-order valence-corrected chi connectivity index (χ0v) is 34.6. The molecule has 0 spiro atoms. The maximum Gasteiger partial charge on any atom is 0.267 e. The van der Waals surface area contributed by atoms with Crippen LogP contribution in [0.4, 0.5) is 5.69 Å². The molecule has 0 N–H and O–H groups in total. The Balaban J connectivity index is 1.12. The molecule has 3 heterocycles. The van der Waals surface area contributed by atoms with E-state index in [1.807, 2.05) is 43.3 Å². The topological polar surface area (TPSA) is 122 Å². The fourth-order valence-corrected chi connectivity index (χ4v) is 10.8. The number of halogens is 3. The Labute approximate surface area is 361 Å². The lowest BCUT2D eigenvalue weighted by Crippen LogP contribution is -2.39. The minimum Gasteiger partial charge on any atom is -0.293 e. The van der Waals surface area contributed by atoms with Crippen molar-refractivity contribution in [2.75, 3.05) is 10.7 Å². The number of nitrogens with zero attached hydrogens (tertiary/aromatic N) is 3. The van der Waals surface area contributed by atoms with E-state index in [0.717, 1.165) is 38.8 Å². The van der Waals surface area contributed by atoms with Crippen LogP contribution >= 0.6 is 46.6 Å². The van der Waals surface area contributed by atoms with E-state index in [0.29, 0.717) is 38.1 Å². The fraction of sp³-hybridized carbons (Fsp3) is 0.128. The highest BCUT2D eigenvalue weighted by molar-refractivity contribution is 7.99. The van der Waals surface area contributed by atoms with E-state index in [1.165, 1.54) is 17.8 Å². The zero-order chi connectivity index (χ0) is 41.7. The number of thioether (sulfide) groups is 1. The number of carbonyl (C=O) groups excluding carboxylic acids is 6. The van der Waals surface area contributed by atoms with Crippen LogP contribution in [0.25, 0.3) is 32.4 Å². The second-order valence-electron chi connectivity index (χ2n) is 14.9. The Morgan fingerprint density at radius 3 is 1.85 bits per heavy atom. The molecular weight excluding hydrogens is 841 g/mol. The predicted molar refractivity (Wildman–Crippen MR) is 233 cm³/mol. The summed E-state index contributed by atoms with van der Waals surface area (Å²) in [6.45, 7) is 1.84. The van der Waals surface area contributed by atoms with E-state index in [4.69, 9.17) is 39.8 Å². The van der Waals surface area contributed by atoms with Crippen LogP contribution in [0, 0.1) is 0 Å². The molecule has 0 saturated heterocycles.